The Morgan fingerprint density at radius 3 is 2.63 bits per heavy atom. The summed E-state index contributed by atoms with van der Waals surface area (Å²) < 4.78 is 7.30. The minimum absolute atomic E-state index is 0.411. The van der Waals surface area contributed by atoms with Crippen LogP contribution in [0.5, 0.6) is 0 Å². The molecule has 4 aromatic rings. The monoisotopic (exact) mass is 379 g/mol. The average Bonchev–Trinajstić information content (AvgIpc) is 3.23. The average molecular weight is 379 g/mol. The molecule has 0 radical (unpaired) electrons. The maximum Gasteiger partial charge on any atom is 0.412 e. The smallest absolute Gasteiger partial charge is 0.412 e. The van der Waals surface area contributed by atoms with Crippen LogP contribution in [0, 0.1) is 6.92 Å². The Morgan fingerprint density at radius 2 is 1.93 bits per heavy atom. The Hall–Kier alpha value is -3.26. The lowest BCUT2D eigenvalue weighted by atomic mass is 10.3. The second-order valence-electron chi connectivity index (χ2n) is 5.96. The highest BCUT2D eigenvalue weighted by atomic mass is 32.1. The van der Waals surface area contributed by atoms with Gasteiger partial charge in [-0.15, -0.1) is 5.10 Å². The van der Waals surface area contributed by atoms with E-state index < -0.39 is 12.2 Å². The normalized spacial score (nSPS) is 12.1. The quantitative estimate of drug-likeness (QED) is 0.566. The van der Waals surface area contributed by atoms with Gasteiger partial charge in [-0.2, -0.15) is 4.98 Å². The standard InChI is InChI=1S/C19H17N5O2S/c1-12-16(13(2)26-19(25)21-15-6-4-3-5-7-15)27-18-22-17(23-24(12)18)14-8-10-20-11-9-14/h3-11,13H,1-2H3,(H,21,25). The van der Waals surface area contributed by atoms with Gasteiger partial charge in [0.25, 0.3) is 0 Å². The molecule has 1 aromatic carbocycles. The zero-order chi connectivity index (χ0) is 18.8. The van der Waals surface area contributed by atoms with Crippen molar-refractivity contribution in [2.24, 2.45) is 0 Å². The summed E-state index contributed by atoms with van der Waals surface area (Å²) in [7, 11) is 0. The Kier molecular flexibility index (Phi) is 4.55. The molecule has 0 aliphatic carbocycles. The maximum atomic E-state index is 12.1. The molecule has 0 saturated carbocycles. The number of nitrogens with one attached hydrogen (secondary N) is 1. The number of benzene rings is 1. The summed E-state index contributed by atoms with van der Waals surface area (Å²) in [6.07, 6.45) is 2.52. The minimum Gasteiger partial charge on any atom is -0.440 e. The fourth-order valence-corrected chi connectivity index (χ4v) is 3.78. The molecule has 4 rings (SSSR count). The van der Waals surface area contributed by atoms with E-state index in [0.29, 0.717) is 11.5 Å². The van der Waals surface area contributed by atoms with Crippen LogP contribution in [0.1, 0.15) is 23.6 Å². The van der Waals surface area contributed by atoms with Gasteiger partial charge in [0.05, 0.1) is 10.6 Å². The zero-order valence-corrected chi connectivity index (χ0v) is 15.6. The van der Waals surface area contributed by atoms with Gasteiger partial charge in [0, 0.05) is 23.6 Å². The lowest BCUT2D eigenvalue weighted by molar-refractivity contribution is 0.122. The van der Waals surface area contributed by atoms with E-state index in [1.807, 2.05) is 44.2 Å². The van der Waals surface area contributed by atoms with Crippen molar-refractivity contribution in [2.45, 2.75) is 20.0 Å². The van der Waals surface area contributed by atoms with Gasteiger partial charge >= 0.3 is 6.09 Å². The Bertz CT molecular complexity index is 1080. The van der Waals surface area contributed by atoms with Crippen LogP contribution in [-0.2, 0) is 4.74 Å². The molecular weight excluding hydrogens is 362 g/mol. The molecule has 1 amide bonds. The summed E-state index contributed by atoms with van der Waals surface area (Å²) in [5.41, 5.74) is 2.51. The van der Waals surface area contributed by atoms with Crippen molar-refractivity contribution in [3.8, 4) is 11.4 Å². The van der Waals surface area contributed by atoms with Crippen molar-refractivity contribution >= 4 is 28.1 Å². The van der Waals surface area contributed by atoms with Crippen molar-refractivity contribution < 1.29 is 9.53 Å². The zero-order valence-electron chi connectivity index (χ0n) is 14.8. The maximum absolute atomic E-state index is 12.1. The number of hydrogen-bond donors (Lipinski definition) is 1. The number of hydrogen-bond acceptors (Lipinski definition) is 6. The van der Waals surface area contributed by atoms with Crippen molar-refractivity contribution in [3.63, 3.8) is 0 Å². The molecule has 1 unspecified atom stereocenters. The second kappa shape index (κ2) is 7.16. The third-order valence-corrected chi connectivity index (χ3v) is 5.36. The molecule has 1 atom stereocenters. The molecule has 0 aliphatic rings. The summed E-state index contributed by atoms with van der Waals surface area (Å²) in [6.45, 7) is 3.78. The number of aryl methyl sites for hydroxylation is 1. The van der Waals surface area contributed by atoms with Crippen LogP contribution in [0.15, 0.2) is 54.9 Å². The summed E-state index contributed by atoms with van der Waals surface area (Å²) in [5.74, 6) is 0.647. The van der Waals surface area contributed by atoms with Gasteiger partial charge in [0.15, 0.2) is 5.82 Å². The van der Waals surface area contributed by atoms with E-state index in [4.69, 9.17) is 4.74 Å². The van der Waals surface area contributed by atoms with E-state index in [-0.39, 0.29) is 0 Å². The summed E-state index contributed by atoms with van der Waals surface area (Å²) in [4.78, 5) is 22.4. The number of rotatable bonds is 4. The lowest BCUT2D eigenvalue weighted by Crippen LogP contribution is -2.16. The SMILES string of the molecule is Cc1c(C(C)OC(=O)Nc2ccccc2)sc2nc(-c3ccncc3)nn12. The number of amides is 1. The van der Waals surface area contributed by atoms with Gasteiger partial charge in [-0.3, -0.25) is 10.3 Å². The van der Waals surface area contributed by atoms with E-state index in [1.165, 1.54) is 11.3 Å². The van der Waals surface area contributed by atoms with Gasteiger partial charge in [-0.1, -0.05) is 29.5 Å². The second-order valence-corrected chi connectivity index (χ2v) is 6.97. The van der Waals surface area contributed by atoms with Crippen molar-refractivity contribution in [1.82, 2.24) is 19.6 Å². The first-order chi connectivity index (χ1) is 13.1. The van der Waals surface area contributed by atoms with Crippen LogP contribution in [-0.4, -0.2) is 25.7 Å². The Labute approximate surface area is 159 Å². The van der Waals surface area contributed by atoms with Crippen LogP contribution < -0.4 is 5.32 Å². The number of anilines is 1. The largest absolute Gasteiger partial charge is 0.440 e. The molecule has 3 aromatic heterocycles. The molecular formula is C19H17N5O2S. The molecule has 8 heteroatoms. The molecule has 27 heavy (non-hydrogen) atoms. The molecule has 0 saturated heterocycles. The van der Waals surface area contributed by atoms with Crippen LogP contribution in [0.4, 0.5) is 10.5 Å². The summed E-state index contributed by atoms with van der Waals surface area (Å²) >= 11 is 1.46. The lowest BCUT2D eigenvalue weighted by Gasteiger charge is -2.13. The number of carbonyl (C=O) groups excluding carboxylic acids is 1. The molecule has 1 N–H and O–H groups in total. The van der Waals surface area contributed by atoms with Crippen LogP contribution in [0.2, 0.25) is 0 Å². The van der Waals surface area contributed by atoms with Crippen molar-refractivity contribution in [2.75, 3.05) is 5.32 Å². The number of ether oxygens (including phenoxy) is 1. The van der Waals surface area contributed by atoms with E-state index in [2.05, 4.69) is 20.4 Å². The van der Waals surface area contributed by atoms with Gasteiger partial charge in [-0.05, 0) is 38.1 Å². The summed E-state index contributed by atoms with van der Waals surface area (Å²) in [6, 6.07) is 12.9. The predicted octanol–water partition coefficient (Wildman–Crippen LogP) is 4.47. The third-order valence-electron chi connectivity index (χ3n) is 4.06. The highest BCUT2D eigenvalue weighted by Crippen LogP contribution is 2.31. The molecule has 3 heterocycles. The van der Waals surface area contributed by atoms with E-state index in [1.54, 1.807) is 29.0 Å². The molecule has 0 bridgehead atoms. The fraction of sp³-hybridized carbons (Fsp3) is 0.158. The van der Waals surface area contributed by atoms with Gasteiger partial charge < -0.3 is 4.74 Å². The third kappa shape index (κ3) is 3.52. The highest BCUT2D eigenvalue weighted by Gasteiger charge is 2.21. The molecule has 0 spiro atoms. The predicted molar refractivity (Wildman–Crippen MR) is 104 cm³/mol. The van der Waals surface area contributed by atoms with Crippen LogP contribution in [0.25, 0.3) is 16.3 Å². The number of pyridine rings is 1. The number of carbonyl (C=O) groups is 1. The van der Waals surface area contributed by atoms with E-state index in [9.17, 15) is 4.79 Å². The van der Waals surface area contributed by atoms with Crippen molar-refractivity contribution in [3.05, 3.63) is 65.4 Å². The van der Waals surface area contributed by atoms with Gasteiger partial charge in [0.1, 0.15) is 6.10 Å². The number of fused-ring (bicyclic) bond motifs is 1. The number of para-hydroxylation sites is 1. The van der Waals surface area contributed by atoms with Crippen LogP contribution >= 0.6 is 11.3 Å². The Morgan fingerprint density at radius 1 is 1.19 bits per heavy atom. The van der Waals surface area contributed by atoms with E-state index >= 15 is 0 Å². The van der Waals surface area contributed by atoms with Crippen LogP contribution in [0.3, 0.4) is 0 Å². The molecule has 0 aliphatic heterocycles. The minimum atomic E-state index is -0.496. The summed E-state index contributed by atoms with van der Waals surface area (Å²) in [5, 5.41) is 7.28. The first kappa shape index (κ1) is 17.2. The topological polar surface area (TPSA) is 81.4 Å². The van der Waals surface area contributed by atoms with Gasteiger partial charge in [-0.25, -0.2) is 9.31 Å². The number of thiazole rings is 1. The fourth-order valence-electron chi connectivity index (χ4n) is 2.74. The first-order valence-electron chi connectivity index (χ1n) is 8.41. The van der Waals surface area contributed by atoms with E-state index in [0.717, 1.165) is 21.1 Å². The highest BCUT2D eigenvalue weighted by molar-refractivity contribution is 7.17. The first-order valence-corrected chi connectivity index (χ1v) is 9.22. The molecule has 7 nitrogen and oxygen atoms in total. The molecule has 0 fully saturated rings. The van der Waals surface area contributed by atoms with Gasteiger partial charge in [0.2, 0.25) is 4.96 Å². The van der Waals surface area contributed by atoms with Crippen molar-refractivity contribution in [1.29, 1.82) is 0 Å². The molecule has 136 valence electrons. The number of nitrogens with zero attached hydrogens (tertiary/aromatic N) is 4. The number of aromatic nitrogens is 4. The Balaban J connectivity index is 1.52.